The third kappa shape index (κ3) is 3.95. The van der Waals surface area contributed by atoms with Gasteiger partial charge in [0.05, 0.1) is 4.90 Å². The van der Waals surface area contributed by atoms with Crippen molar-refractivity contribution in [2.75, 3.05) is 38.4 Å². The number of carbonyl (C=O) groups is 1. The predicted octanol–water partition coefficient (Wildman–Crippen LogP) is 0.752. The van der Waals surface area contributed by atoms with Crippen LogP contribution in [0.15, 0.2) is 23.1 Å². The van der Waals surface area contributed by atoms with Crippen LogP contribution in [0.5, 0.6) is 0 Å². The Labute approximate surface area is 124 Å². The SMILES string of the molecule is COCC(=O)NCCC1CNc2ccc(S(C)(=O)=O)cc21. The zero-order valence-electron chi connectivity index (χ0n) is 12.2. The number of hydrogen-bond donors (Lipinski definition) is 2. The van der Waals surface area contributed by atoms with Crippen molar-refractivity contribution in [3.63, 3.8) is 0 Å². The molecule has 6 nitrogen and oxygen atoms in total. The highest BCUT2D eigenvalue weighted by atomic mass is 32.2. The molecular weight excluding hydrogens is 292 g/mol. The smallest absolute Gasteiger partial charge is 0.245 e. The zero-order chi connectivity index (χ0) is 15.5. The molecule has 1 unspecified atom stereocenters. The number of methoxy groups -OCH3 is 1. The van der Waals surface area contributed by atoms with E-state index in [0.29, 0.717) is 11.4 Å². The van der Waals surface area contributed by atoms with E-state index in [-0.39, 0.29) is 18.4 Å². The first-order chi connectivity index (χ1) is 9.91. The van der Waals surface area contributed by atoms with Gasteiger partial charge in [0.15, 0.2) is 9.84 Å². The van der Waals surface area contributed by atoms with Gasteiger partial charge in [0.2, 0.25) is 5.91 Å². The number of ether oxygens (including phenoxy) is 1. The number of amides is 1. The Kier molecular flexibility index (Phi) is 4.84. The second kappa shape index (κ2) is 6.44. The number of anilines is 1. The maximum absolute atomic E-state index is 11.6. The minimum Gasteiger partial charge on any atom is -0.384 e. The van der Waals surface area contributed by atoms with Crippen LogP contribution in [0.4, 0.5) is 5.69 Å². The van der Waals surface area contributed by atoms with E-state index in [0.717, 1.165) is 24.2 Å². The topological polar surface area (TPSA) is 84.5 Å². The summed E-state index contributed by atoms with van der Waals surface area (Å²) in [4.78, 5) is 11.6. The van der Waals surface area contributed by atoms with E-state index in [2.05, 4.69) is 10.6 Å². The largest absolute Gasteiger partial charge is 0.384 e. The molecule has 1 atom stereocenters. The number of benzene rings is 1. The number of fused-ring (bicyclic) bond motifs is 1. The standard InChI is InChI=1S/C14H20N2O4S/c1-20-9-14(17)15-6-5-10-8-16-13-4-3-11(7-12(10)13)21(2,18)19/h3-4,7,10,16H,5-6,8-9H2,1-2H3,(H,15,17). The van der Waals surface area contributed by atoms with Crippen LogP contribution in [-0.4, -0.2) is 47.4 Å². The lowest BCUT2D eigenvalue weighted by Crippen LogP contribution is -2.29. The van der Waals surface area contributed by atoms with E-state index in [1.54, 1.807) is 18.2 Å². The van der Waals surface area contributed by atoms with Crippen LogP contribution in [0.3, 0.4) is 0 Å². The van der Waals surface area contributed by atoms with Gasteiger partial charge in [-0.3, -0.25) is 4.79 Å². The van der Waals surface area contributed by atoms with E-state index < -0.39 is 9.84 Å². The van der Waals surface area contributed by atoms with Gasteiger partial charge in [-0.25, -0.2) is 8.42 Å². The monoisotopic (exact) mass is 312 g/mol. The molecule has 7 heteroatoms. The van der Waals surface area contributed by atoms with Crippen molar-refractivity contribution in [2.24, 2.45) is 0 Å². The second-order valence-electron chi connectivity index (χ2n) is 5.17. The van der Waals surface area contributed by atoms with Gasteiger partial charge >= 0.3 is 0 Å². The molecule has 1 aromatic rings. The average molecular weight is 312 g/mol. The molecular formula is C14H20N2O4S. The third-order valence-corrected chi connectivity index (χ3v) is 4.63. The molecule has 116 valence electrons. The molecule has 1 heterocycles. The number of nitrogens with one attached hydrogen (secondary N) is 2. The second-order valence-corrected chi connectivity index (χ2v) is 7.19. The molecule has 2 N–H and O–H groups in total. The van der Waals surface area contributed by atoms with Crippen molar-refractivity contribution in [2.45, 2.75) is 17.2 Å². The van der Waals surface area contributed by atoms with Crippen molar-refractivity contribution in [3.8, 4) is 0 Å². The Morgan fingerprint density at radius 3 is 2.90 bits per heavy atom. The Bertz CT molecular complexity index is 628. The van der Waals surface area contributed by atoms with Gasteiger partial charge in [-0.1, -0.05) is 0 Å². The molecule has 0 aromatic heterocycles. The van der Waals surface area contributed by atoms with Gasteiger partial charge in [0.25, 0.3) is 0 Å². The summed E-state index contributed by atoms with van der Waals surface area (Å²) >= 11 is 0. The van der Waals surface area contributed by atoms with Crippen molar-refractivity contribution in [3.05, 3.63) is 23.8 Å². The van der Waals surface area contributed by atoms with Crippen molar-refractivity contribution in [1.29, 1.82) is 0 Å². The van der Waals surface area contributed by atoms with Gasteiger partial charge in [0, 0.05) is 38.1 Å². The Morgan fingerprint density at radius 2 is 2.24 bits per heavy atom. The summed E-state index contributed by atoms with van der Waals surface area (Å²) in [6.45, 7) is 1.34. The number of carbonyl (C=O) groups excluding carboxylic acids is 1. The van der Waals surface area contributed by atoms with E-state index in [9.17, 15) is 13.2 Å². The first kappa shape index (κ1) is 15.8. The van der Waals surface area contributed by atoms with Gasteiger partial charge in [-0.15, -0.1) is 0 Å². The summed E-state index contributed by atoms with van der Waals surface area (Å²) in [5, 5.41) is 6.04. The fourth-order valence-electron chi connectivity index (χ4n) is 2.44. The molecule has 0 aliphatic carbocycles. The summed E-state index contributed by atoms with van der Waals surface area (Å²) in [6.07, 6.45) is 1.96. The van der Waals surface area contributed by atoms with E-state index in [1.807, 2.05) is 0 Å². The summed E-state index contributed by atoms with van der Waals surface area (Å²) in [7, 11) is -1.73. The van der Waals surface area contributed by atoms with E-state index in [4.69, 9.17) is 4.74 Å². The molecule has 21 heavy (non-hydrogen) atoms. The van der Waals surface area contributed by atoms with Gasteiger partial charge in [0.1, 0.15) is 6.61 Å². The summed E-state index contributed by atoms with van der Waals surface area (Å²) in [6, 6.07) is 5.14. The Morgan fingerprint density at radius 1 is 1.48 bits per heavy atom. The molecule has 1 aliphatic rings. The maximum atomic E-state index is 11.6. The molecule has 0 saturated heterocycles. The quantitative estimate of drug-likeness (QED) is 0.810. The van der Waals surface area contributed by atoms with Gasteiger partial charge in [-0.05, 0) is 30.2 Å². The van der Waals surface area contributed by atoms with Crippen molar-refractivity contribution >= 4 is 21.4 Å². The molecule has 0 fully saturated rings. The molecule has 1 aliphatic heterocycles. The fraction of sp³-hybridized carbons (Fsp3) is 0.500. The van der Waals surface area contributed by atoms with Crippen LogP contribution >= 0.6 is 0 Å². The van der Waals surface area contributed by atoms with Crippen molar-refractivity contribution < 1.29 is 17.9 Å². The Balaban J connectivity index is 2.02. The number of sulfone groups is 1. The van der Waals surface area contributed by atoms with Crippen LogP contribution in [0.2, 0.25) is 0 Å². The summed E-state index contributed by atoms with van der Waals surface area (Å²) < 4.78 is 28.0. The number of hydrogen-bond acceptors (Lipinski definition) is 5. The van der Waals surface area contributed by atoms with Crippen LogP contribution in [-0.2, 0) is 19.4 Å². The first-order valence-electron chi connectivity index (χ1n) is 6.75. The van der Waals surface area contributed by atoms with Gasteiger partial charge in [-0.2, -0.15) is 0 Å². The van der Waals surface area contributed by atoms with Crippen LogP contribution in [0, 0.1) is 0 Å². The molecule has 1 aromatic carbocycles. The molecule has 0 radical (unpaired) electrons. The minimum absolute atomic E-state index is 0.0533. The van der Waals surface area contributed by atoms with Gasteiger partial charge < -0.3 is 15.4 Å². The predicted molar refractivity (Wildman–Crippen MR) is 80.3 cm³/mol. The highest BCUT2D eigenvalue weighted by molar-refractivity contribution is 7.90. The first-order valence-corrected chi connectivity index (χ1v) is 8.64. The Hall–Kier alpha value is -1.60. The normalized spacial score (nSPS) is 17.1. The van der Waals surface area contributed by atoms with Crippen LogP contribution in [0.1, 0.15) is 17.9 Å². The zero-order valence-corrected chi connectivity index (χ0v) is 13.0. The minimum atomic E-state index is -3.20. The highest BCUT2D eigenvalue weighted by Crippen LogP contribution is 2.34. The summed E-state index contributed by atoms with van der Waals surface area (Å²) in [5.74, 6) is 0.0538. The lowest BCUT2D eigenvalue weighted by atomic mass is 9.98. The molecule has 1 amide bonds. The highest BCUT2D eigenvalue weighted by Gasteiger charge is 2.23. The molecule has 2 rings (SSSR count). The van der Waals surface area contributed by atoms with Crippen LogP contribution in [0.25, 0.3) is 0 Å². The van der Waals surface area contributed by atoms with Crippen LogP contribution < -0.4 is 10.6 Å². The lowest BCUT2D eigenvalue weighted by molar-refractivity contribution is -0.124. The van der Waals surface area contributed by atoms with Crippen molar-refractivity contribution in [1.82, 2.24) is 5.32 Å². The maximum Gasteiger partial charge on any atom is 0.245 e. The van der Waals surface area contributed by atoms with E-state index >= 15 is 0 Å². The average Bonchev–Trinajstić information content (AvgIpc) is 2.81. The summed E-state index contributed by atoms with van der Waals surface area (Å²) in [5.41, 5.74) is 1.97. The number of rotatable bonds is 6. The van der Waals surface area contributed by atoms with E-state index in [1.165, 1.54) is 13.4 Å². The molecule has 0 saturated carbocycles. The lowest BCUT2D eigenvalue weighted by Gasteiger charge is -2.11. The fourth-order valence-corrected chi connectivity index (χ4v) is 3.10. The molecule has 0 bridgehead atoms. The third-order valence-electron chi connectivity index (χ3n) is 3.52. The molecule has 0 spiro atoms.